The molecular formula is C18H19F3N2O4. The third-order valence-corrected chi connectivity index (χ3v) is 4.69. The summed E-state index contributed by atoms with van der Waals surface area (Å²) in [6, 6.07) is 4.56. The number of piperazine rings is 1. The highest BCUT2D eigenvalue weighted by atomic mass is 19.4. The minimum Gasteiger partial charge on any atom is -0.508 e. The molecule has 1 fully saturated rings. The Morgan fingerprint density at radius 3 is 2.52 bits per heavy atom. The first-order valence-electron chi connectivity index (χ1n) is 8.46. The van der Waals surface area contributed by atoms with Gasteiger partial charge in [0.25, 0.3) is 0 Å². The van der Waals surface area contributed by atoms with Crippen molar-refractivity contribution in [3.63, 3.8) is 0 Å². The fourth-order valence-corrected chi connectivity index (χ4v) is 3.23. The van der Waals surface area contributed by atoms with E-state index in [9.17, 15) is 27.9 Å². The van der Waals surface area contributed by atoms with E-state index in [1.54, 1.807) is 13.0 Å². The van der Waals surface area contributed by atoms with Gasteiger partial charge in [-0.05, 0) is 24.6 Å². The topological polar surface area (TPSA) is 74.0 Å². The molecule has 2 heterocycles. The van der Waals surface area contributed by atoms with Gasteiger partial charge in [0, 0.05) is 49.7 Å². The average Bonchev–Trinajstić information content (AvgIpc) is 2.57. The first-order valence-corrected chi connectivity index (χ1v) is 8.46. The summed E-state index contributed by atoms with van der Waals surface area (Å²) in [7, 11) is 0. The Morgan fingerprint density at radius 1 is 1.22 bits per heavy atom. The maximum atomic E-state index is 12.4. The van der Waals surface area contributed by atoms with Gasteiger partial charge in [0.2, 0.25) is 5.91 Å². The van der Waals surface area contributed by atoms with Crippen molar-refractivity contribution in [3.8, 4) is 5.75 Å². The highest BCUT2D eigenvalue weighted by molar-refractivity contribution is 5.84. The van der Waals surface area contributed by atoms with E-state index in [2.05, 4.69) is 0 Å². The number of hydrogen-bond acceptors (Lipinski definition) is 5. The number of aromatic hydroxyl groups is 1. The monoisotopic (exact) mass is 384 g/mol. The summed E-state index contributed by atoms with van der Waals surface area (Å²) in [5.74, 6) is -0.890. The van der Waals surface area contributed by atoms with Crippen LogP contribution in [0, 0.1) is 6.92 Å². The molecule has 9 heteroatoms. The zero-order valence-corrected chi connectivity index (χ0v) is 14.7. The zero-order chi connectivity index (χ0) is 19.8. The van der Waals surface area contributed by atoms with Gasteiger partial charge in [-0.3, -0.25) is 9.69 Å². The molecule has 0 saturated carbocycles. The third kappa shape index (κ3) is 4.41. The highest BCUT2D eigenvalue weighted by Gasteiger charge is 2.34. The van der Waals surface area contributed by atoms with Gasteiger partial charge in [0.05, 0.1) is 0 Å². The van der Waals surface area contributed by atoms with Gasteiger partial charge >= 0.3 is 11.8 Å². The minimum atomic E-state index is -4.51. The molecule has 1 saturated heterocycles. The molecule has 0 bridgehead atoms. The maximum Gasteiger partial charge on any atom is 0.397 e. The van der Waals surface area contributed by atoms with Crippen LogP contribution in [0.15, 0.2) is 27.4 Å². The lowest BCUT2D eigenvalue weighted by Gasteiger charge is -2.35. The second-order valence-corrected chi connectivity index (χ2v) is 6.63. The Balaban J connectivity index is 1.72. The molecule has 3 rings (SSSR count). The van der Waals surface area contributed by atoms with Crippen molar-refractivity contribution >= 4 is 16.9 Å². The summed E-state index contributed by atoms with van der Waals surface area (Å²) in [4.78, 5) is 26.7. The number of aryl methyl sites for hydroxylation is 1. The molecular weight excluding hydrogens is 365 g/mol. The predicted molar refractivity (Wildman–Crippen MR) is 91.4 cm³/mol. The van der Waals surface area contributed by atoms with Gasteiger partial charge in [0.1, 0.15) is 17.8 Å². The Bertz CT molecular complexity index is 915. The van der Waals surface area contributed by atoms with Crippen LogP contribution in [0.4, 0.5) is 13.2 Å². The molecule has 146 valence electrons. The number of rotatable bonds is 3. The molecule has 0 atom stereocenters. The van der Waals surface area contributed by atoms with Crippen LogP contribution in [0.5, 0.6) is 5.75 Å². The number of carbonyl (C=O) groups excluding carboxylic acids is 1. The first kappa shape index (κ1) is 19.2. The van der Waals surface area contributed by atoms with E-state index < -0.39 is 24.1 Å². The number of amides is 1. The van der Waals surface area contributed by atoms with Crippen molar-refractivity contribution in [1.29, 1.82) is 0 Å². The van der Waals surface area contributed by atoms with Crippen molar-refractivity contribution in [2.75, 3.05) is 26.2 Å². The lowest BCUT2D eigenvalue weighted by Crippen LogP contribution is -2.49. The zero-order valence-electron chi connectivity index (χ0n) is 14.7. The van der Waals surface area contributed by atoms with Crippen LogP contribution in [0.3, 0.4) is 0 Å². The van der Waals surface area contributed by atoms with Crippen LogP contribution in [0.1, 0.15) is 17.5 Å². The number of phenols is 1. The number of fused-ring (bicyclic) bond motifs is 1. The second-order valence-electron chi connectivity index (χ2n) is 6.63. The fourth-order valence-electron chi connectivity index (χ4n) is 3.23. The number of benzene rings is 1. The van der Waals surface area contributed by atoms with Crippen molar-refractivity contribution in [3.05, 3.63) is 39.7 Å². The van der Waals surface area contributed by atoms with Crippen LogP contribution >= 0.6 is 0 Å². The molecule has 1 N–H and O–H groups in total. The van der Waals surface area contributed by atoms with Gasteiger partial charge in [0.15, 0.2) is 0 Å². The molecule has 0 unspecified atom stereocenters. The number of halogens is 3. The SMILES string of the molecule is Cc1c(O)ccc2c(CN3CCN(C(=O)CC(F)(F)F)CC3)cc(=O)oc12. The molecule has 27 heavy (non-hydrogen) atoms. The molecule has 1 aliphatic rings. The van der Waals surface area contributed by atoms with E-state index in [0.717, 1.165) is 0 Å². The number of phenolic OH excluding ortho intramolecular Hbond substituents is 1. The normalized spacial score (nSPS) is 16.1. The molecule has 1 aliphatic heterocycles. The van der Waals surface area contributed by atoms with Gasteiger partial charge in [-0.25, -0.2) is 4.79 Å². The van der Waals surface area contributed by atoms with Crippen LogP contribution in [0.25, 0.3) is 11.0 Å². The summed E-state index contributed by atoms with van der Waals surface area (Å²) in [5, 5.41) is 10.5. The van der Waals surface area contributed by atoms with E-state index in [1.165, 1.54) is 17.0 Å². The molecule has 0 aliphatic carbocycles. The first-order chi connectivity index (χ1) is 12.6. The summed E-state index contributed by atoms with van der Waals surface area (Å²) < 4.78 is 42.3. The number of alkyl halides is 3. The minimum absolute atomic E-state index is 0.0274. The lowest BCUT2D eigenvalue weighted by atomic mass is 10.1. The summed E-state index contributed by atoms with van der Waals surface area (Å²) in [5.41, 5.74) is 0.954. The van der Waals surface area contributed by atoms with Gasteiger partial charge < -0.3 is 14.4 Å². The van der Waals surface area contributed by atoms with Gasteiger partial charge in [-0.1, -0.05) is 0 Å². The molecule has 0 radical (unpaired) electrons. The standard InChI is InChI=1S/C18H19F3N2O4/c1-11-14(24)3-2-13-12(8-16(26)27-17(11)13)10-22-4-6-23(7-5-22)15(25)9-18(19,20)21/h2-3,8,24H,4-7,9-10H2,1H3. The van der Waals surface area contributed by atoms with E-state index >= 15 is 0 Å². The number of carbonyl (C=O) groups is 1. The maximum absolute atomic E-state index is 12.4. The second kappa shape index (κ2) is 7.22. The lowest BCUT2D eigenvalue weighted by molar-refractivity contribution is -0.162. The van der Waals surface area contributed by atoms with Gasteiger partial charge in [-0.15, -0.1) is 0 Å². The highest BCUT2D eigenvalue weighted by Crippen LogP contribution is 2.28. The molecule has 2 aromatic rings. The van der Waals surface area contributed by atoms with Crippen LogP contribution in [-0.4, -0.2) is 53.2 Å². The Morgan fingerprint density at radius 2 is 1.89 bits per heavy atom. The quantitative estimate of drug-likeness (QED) is 0.823. The third-order valence-electron chi connectivity index (χ3n) is 4.69. The van der Waals surface area contributed by atoms with E-state index in [4.69, 9.17) is 4.42 Å². The van der Waals surface area contributed by atoms with Crippen molar-refractivity contribution in [2.24, 2.45) is 0 Å². The molecule has 1 aromatic carbocycles. The summed E-state index contributed by atoms with van der Waals surface area (Å²) >= 11 is 0. The van der Waals surface area contributed by atoms with E-state index in [1.807, 2.05) is 4.90 Å². The van der Waals surface area contributed by atoms with E-state index in [-0.39, 0.29) is 18.8 Å². The summed E-state index contributed by atoms with van der Waals surface area (Å²) in [6.45, 7) is 3.26. The Hall–Kier alpha value is -2.55. The molecule has 0 spiro atoms. The van der Waals surface area contributed by atoms with Crippen molar-refractivity contribution < 1.29 is 27.5 Å². The van der Waals surface area contributed by atoms with Crippen molar-refractivity contribution in [1.82, 2.24) is 9.80 Å². The molecule has 6 nitrogen and oxygen atoms in total. The number of hydrogen-bond donors (Lipinski definition) is 1. The predicted octanol–water partition coefficient (Wildman–Crippen LogP) is 2.40. The van der Waals surface area contributed by atoms with Crippen LogP contribution in [0.2, 0.25) is 0 Å². The van der Waals surface area contributed by atoms with Gasteiger partial charge in [-0.2, -0.15) is 13.2 Å². The Labute approximate surface area is 152 Å². The average molecular weight is 384 g/mol. The van der Waals surface area contributed by atoms with Crippen molar-refractivity contribution in [2.45, 2.75) is 26.1 Å². The fraction of sp³-hybridized carbons (Fsp3) is 0.444. The smallest absolute Gasteiger partial charge is 0.397 e. The summed E-state index contributed by atoms with van der Waals surface area (Å²) in [6.07, 6.45) is -5.95. The van der Waals surface area contributed by atoms with E-state index in [0.29, 0.717) is 41.7 Å². The molecule has 1 amide bonds. The van der Waals surface area contributed by atoms with Crippen LogP contribution < -0.4 is 5.63 Å². The largest absolute Gasteiger partial charge is 0.508 e. The van der Waals surface area contributed by atoms with Crippen LogP contribution in [-0.2, 0) is 11.3 Å². The number of nitrogens with zero attached hydrogens (tertiary/aromatic N) is 2. The molecule has 1 aromatic heterocycles. The Kier molecular flexibility index (Phi) is 5.14.